The fourth-order valence-corrected chi connectivity index (χ4v) is 7.36. The number of hydrogen-bond donors (Lipinski definition) is 2. The molecule has 0 amide bonds. The fraction of sp³-hybridized carbons (Fsp3) is 0.692. The van der Waals surface area contributed by atoms with E-state index in [2.05, 4.69) is 0 Å². The van der Waals surface area contributed by atoms with Gasteiger partial charge >= 0.3 is 27.1 Å². The van der Waals surface area contributed by atoms with E-state index in [0.717, 1.165) is 0 Å². The minimum absolute atomic E-state index is 0. The molecule has 0 rings (SSSR count). The molecule has 0 spiro atoms. The van der Waals surface area contributed by atoms with Crippen molar-refractivity contribution in [2.45, 2.75) is 33.1 Å². The smallest absolute Gasteiger partial charge is 0.350 e. The van der Waals surface area contributed by atoms with Gasteiger partial charge in [0.2, 0.25) is 0 Å². The second-order valence-corrected chi connectivity index (χ2v) is 9.00. The molecule has 0 aromatic rings. The quantitative estimate of drug-likeness (QED) is 0.244. The Bertz CT molecular complexity index is 546. The Hall–Kier alpha value is 0.980. The molecule has 0 aromatic heterocycles. The van der Waals surface area contributed by atoms with Gasteiger partial charge in [0, 0.05) is 65.2 Å². The first-order chi connectivity index (χ1) is 11.6. The number of aliphatic carboxylic acids is 2. The second-order valence-electron chi connectivity index (χ2n) is 4.37. The molecule has 0 aliphatic heterocycles. The van der Waals surface area contributed by atoms with Crippen LogP contribution >= 0.6 is 15.2 Å². The van der Waals surface area contributed by atoms with Crippen molar-refractivity contribution in [3.8, 4) is 0 Å². The molecule has 0 fully saturated rings. The molecule has 0 saturated carbocycles. The van der Waals surface area contributed by atoms with E-state index in [1.54, 1.807) is 0 Å². The monoisotopic (exact) mass is 448 g/mol. The zero-order valence-corrected chi connectivity index (χ0v) is 22.3. The number of rotatable bonds is 13. The maximum Gasteiger partial charge on any atom is 0.350 e. The normalized spacial score (nSPS) is 12.3. The van der Waals surface area contributed by atoms with Crippen molar-refractivity contribution in [2.75, 3.05) is 26.4 Å². The molecule has 10 nitrogen and oxygen atoms in total. The molecular formula is C13H24Na2O10P2. The summed E-state index contributed by atoms with van der Waals surface area (Å²) in [5, 5.41) is 16.3. The third-order valence-electron chi connectivity index (χ3n) is 2.64. The molecule has 0 atom stereocenters. The van der Waals surface area contributed by atoms with Crippen LogP contribution < -0.4 is 0 Å². The van der Waals surface area contributed by atoms with Crippen LogP contribution in [0.25, 0.3) is 0 Å². The first-order valence-electron chi connectivity index (χ1n) is 7.57. The Balaban J connectivity index is -0.00000288. The number of carboxylic acids is 2. The summed E-state index contributed by atoms with van der Waals surface area (Å²) in [6, 6.07) is 0. The van der Waals surface area contributed by atoms with Crippen molar-refractivity contribution in [3.05, 3.63) is 11.6 Å². The minimum Gasteiger partial charge on any atom is -0.478 e. The Morgan fingerprint density at radius 2 is 1.11 bits per heavy atom. The van der Waals surface area contributed by atoms with Crippen LogP contribution in [-0.2, 0) is 36.8 Å². The molecule has 0 heterocycles. The van der Waals surface area contributed by atoms with Crippen LogP contribution in [0, 0.1) is 0 Å². The fourth-order valence-electron chi connectivity index (χ4n) is 1.97. The van der Waals surface area contributed by atoms with Crippen LogP contribution in [0.2, 0.25) is 0 Å². The van der Waals surface area contributed by atoms with Crippen molar-refractivity contribution in [1.82, 2.24) is 0 Å². The summed E-state index contributed by atoms with van der Waals surface area (Å²) in [4.78, 5) is 22.6. The largest absolute Gasteiger partial charge is 0.478 e. The van der Waals surface area contributed by atoms with Gasteiger partial charge in [0.15, 0.2) is 5.40 Å². The van der Waals surface area contributed by atoms with Gasteiger partial charge in [0.25, 0.3) is 0 Å². The molecule has 0 bridgehead atoms. The minimum atomic E-state index is -4.40. The average molecular weight is 448 g/mol. The molecule has 0 saturated heterocycles. The van der Waals surface area contributed by atoms with E-state index in [1.165, 1.54) is 27.7 Å². The standard InChI is InChI=1S/C13H24O10P2.2Na/c1-5-20-24(18,21-6-2)13(10(12(16)17)9-11(14)15)25(19,22-7-3)23-8-4;;/h9,13H,5-8H2,1-4H3,(H,14,15)(H,16,17);;. The van der Waals surface area contributed by atoms with Crippen molar-refractivity contribution < 1.29 is 47.0 Å². The Labute approximate surface area is 203 Å². The van der Waals surface area contributed by atoms with Gasteiger partial charge in [-0.25, -0.2) is 9.59 Å². The van der Waals surface area contributed by atoms with Crippen LogP contribution in [0.3, 0.4) is 0 Å². The molecule has 0 aliphatic rings. The number of hydrogen-bond acceptors (Lipinski definition) is 8. The van der Waals surface area contributed by atoms with Gasteiger partial charge < -0.3 is 28.3 Å². The zero-order valence-electron chi connectivity index (χ0n) is 16.5. The molecule has 0 aromatic carbocycles. The molecule has 0 aliphatic carbocycles. The molecule has 2 radical (unpaired) electrons. The van der Waals surface area contributed by atoms with Gasteiger partial charge in [-0.15, -0.1) is 0 Å². The van der Waals surface area contributed by atoms with E-state index in [4.69, 9.17) is 23.2 Å². The molecule has 2 N–H and O–H groups in total. The van der Waals surface area contributed by atoms with E-state index >= 15 is 0 Å². The predicted octanol–water partition coefficient (Wildman–Crippen LogP) is 2.18. The van der Waals surface area contributed by atoms with Crippen LogP contribution in [0.1, 0.15) is 27.7 Å². The van der Waals surface area contributed by atoms with E-state index in [0.29, 0.717) is 0 Å². The molecule has 27 heavy (non-hydrogen) atoms. The summed E-state index contributed by atoms with van der Waals surface area (Å²) in [5.41, 5.74) is -0.956. The van der Waals surface area contributed by atoms with Crippen LogP contribution in [0.5, 0.6) is 0 Å². The van der Waals surface area contributed by atoms with Gasteiger partial charge in [-0.1, -0.05) is 0 Å². The van der Waals surface area contributed by atoms with Crippen molar-refractivity contribution in [1.29, 1.82) is 0 Å². The van der Waals surface area contributed by atoms with Gasteiger partial charge in [-0.05, 0) is 27.7 Å². The summed E-state index contributed by atoms with van der Waals surface area (Å²) in [7, 11) is -8.80. The number of carbonyl (C=O) groups is 2. The molecule has 148 valence electrons. The van der Waals surface area contributed by atoms with Crippen LogP contribution in [0.15, 0.2) is 11.6 Å². The maximum absolute atomic E-state index is 13.2. The van der Waals surface area contributed by atoms with Crippen molar-refractivity contribution >= 4 is 86.2 Å². The van der Waals surface area contributed by atoms with Gasteiger partial charge in [-0.3, -0.25) is 9.13 Å². The maximum atomic E-state index is 13.2. The van der Waals surface area contributed by atoms with Crippen molar-refractivity contribution in [2.24, 2.45) is 0 Å². The van der Waals surface area contributed by atoms with Gasteiger partial charge in [0.1, 0.15) is 0 Å². The van der Waals surface area contributed by atoms with E-state index in [9.17, 15) is 23.8 Å². The Kier molecular flexibility index (Phi) is 19.1. The van der Waals surface area contributed by atoms with Crippen LogP contribution in [0.4, 0.5) is 0 Å². The second kappa shape index (κ2) is 15.8. The molecule has 0 unspecified atom stereocenters. The third-order valence-corrected chi connectivity index (χ3v) is 8.56. The SMILES string of the molecule is CCOP(=O)(OCC)C(C(=CC(=O)O)C(=O)O)P(=O)(OCC)OCC.[Na].[Na]. The first kappa shape index (κ1) is 32.6. The first-order valence-corrected chi connectivity index (χ1v) is 10.8. The summed E-state index contributed by atoms with van der Waals surface area (Å²) < 4.78 is 46.7. The van der Waals surface area contributed by atoms with E-state index in [1.807, 2.05) is 0 Å². The average Bonchev–Trinajstić information content (AvgIpc) is 2.46. The van der Waals surface area contributed by atoms with Gasteiger partial charge in [0.05, 0.1) is 32.0 Å². The van der Waals surface area contributed by atoms with E-state index < -0.39 is 38.1 Å². The topological polar surface area (TPSA) is 146 Å². The van der Waals surface area contributed by atoms with Gasteiger partial charge in [-0.2, -0.15) is 0 Å². The number of carboxylic acid groups (broad SMARTS) is 2. The van der Waals surface area contributed by atoms with Crippen molar-refractivity contribution in [3.63, 3.8) is 0 Å². The van der Waals surface area contributed by atoms with E-state index in [-0.39, 0.29) is 91.6 Å². The Morgan fingerprint density at radius 1 is 0.815 bits per heavy atom. The summed E-state index contributed by atoms with van der Waals surface area (Å²) in [5.74, 6) is -3.40. The molecular weight excluding hydrogens is 424 g/mol. The Morgan fingerprint density at radius 3 is 1.30 bits per heavy atom. The summed E-state index contributed by atoms with van der Waals surface area (Å²) >= 11 is 0. The summed E-state index contributed by atoms with van der Waals surface area (Å²) in [6.07, 6.45) is 0.280. The predicted molar refractivity (Wildman–Crippen MR) is 100 cm³/mol. The third kappa shape index (κ3) is 10.0. The molecule has 14 heteroatoms. The summed E-state index contributed by atoms with van der Waals surface area (Å²) in [6.45, 7) is 5.23. The van der Waals surface area contributed by atoms with Crippen LogP contribution in [-0.4, -0.2) is 113 Å². The zero-order chi connectivity index (χ0) is 19.7.